The van der Waals surface area contributed by atoms with E-state index in [1.165, 1.54) is 25.3 Å². The Morgan fingerprint density at radius 3 is 2.52 bits per heavy atom. The van der Waals surface area contributed by atoms with E-state index >= 15 is 0 Å². The number of thioether (sulfide) groups is 1. The molecule has 11 heteroatoms. The Balaban J connectivity index is 1.61. The highest BCUT2D eigenvalue weighted by atomic mass is 32.2. The van der Waals surface area contributed by atoms with Crippen LogP contribution < -0.4 is 14.8 Å². The van der Waals surface area contributed by atoms with Gasteiger partial charge in [-0.2, -0.15) is 0 Å². The van der Waals surface area contributed by atoms with Crippen molar-refractivity contribution in [3.63, 3.8) is 0 Å². The lowest BCUT2D eigenvalue weighted by molar-refractivity contribution is -0.384. The highest BCUT2D eigenvalue weighted by Gasteiger charge is 2.18. The fraction of sp³-hybridized carbons (Fsp3) is 0.167. The van der Waals surface area contributed by atoms with E-state index in [0.29, 0.717) is 16.7 Å². The minimum atomic E-state index is -0.582. The molecule has 0 radical (unpaired) electrons. The molecule has 0 spiro atoms. The molecule has 0 unspecified atom stereocenters. The second-order valence-electron chi connectivity index (χ2n) is 5.67. The maximum absolute atomic E-state index is 12.2. The van der Waals surface area contributed by atoms with Crippen LogP contribution in [0.3, 0.4) is 0 Å². The molecule has 0 aliphatic carbocycles. The van der Waals surface area contributed by atoms with Crippen LogP contribution in [0.25, 0.3) is 11.4 Å². The minimum Gasteiger partial charge on any atom is -0.497 e. The molecular weight excluding hydrogens is 398 g/mol. The maximum atomic E-state index is 12.2. The lowest BCUT2D eigenvalue weighted by Crippen LogP contribution is -2.15. The molecule has 0 atom stereocenters. The molecule has 0 bridgehead atoms. The zero-order chi connectivity index (χ0) is 20.8. The molecule has 150 valence electrons. The number of hydrogen-bond donors (Lipinski definition) is 2. The van der Waals surface area contributed by atoms with Gasteiger partial charge in [-0.3, -0.25) is 20.0 Å². The van der Waals surface area contributed by atoms with E-state index in [-0.39, 0.29) is 17.1 Å². The Bertz CT molecular complexity index is 1020. The first kappa shape index (κ1) is 20.1. The largest absolute Gasteiger partial charge is 0.497 e. The number of carbonyl (C=O) groups excluding carboxylic acids is 1. The van der Waals surface area contributed by atoms with E-state index in [1.54, 1.807) is 19.2 Å². The highest BCUT2D eigenvalue weighted by Crippen LogP contribution is 2.29. The molecule has 0 aliphatic rings. The number of aromatic nitrogens is 3. The molecule has 3 rings (SSSR count). The van der Waals surface area contributed by atoms with Gasteiger partial charge in [0.25, 0.3) is 5.69 Å². The Kier molecular flexibility index (Phi) is 6.29. The number of ether oxygens (including phenoxy) is 2. The van der Waals surface area contributed by atoms with Gasteiger partial charge < -0.3 is 14.8 Å². The summed E-state index contributed by atoms with van der Waals surface area (Å²) in [5.41, 5.74) is 0.668. The molecule has 0 saturated heterocycles. The second kappa shape index (κ2) is 9.06. The SMILES string of the molecule is COc1ccc(-c2nc(SCC(=O)Nc3ccc(OC)cc3[N+](=O)[O-])n[nH]2)cc1. The first-order valence-corrected chi connectivity index (χ1v) is 9.30. The molecule has 1 heterocycles. The summed E-state index contributed by atoms with van der Waals surface area (Å²) in [7, 11) is 2.99. The number of nitrogens with zero attached hydrogens (tertiary/aromatic N) is 3. The predicted octanol–water partition coefficient (Wildman–Crippen LogP) is 3.13. The number of carbonyl (C=O) groups is 1. The first-order valence-electron chi connectivity index (χ1n) is 8.32. The first-order chi connectivity index (χ1) is 14.0. The van der Waals surface area contributed by atoms with Crippen molar-refractivity contribution in [3.05, 3.63) is 52.6 Å². The fourth-order valence-electron chi connectivity index (χ4n) is 2.40. The Hall–Kier alpha value is -3.60. The number of benzene rings is 2. The third-order valence-electron chi connectivity index (χ3n) is 3.84. The fourth-order valence-corrected chi connectivity index (χ4v) is 3.00. The van der Waals surface area contributed by atoms with E-state index in [0.717, 1.165) is 23.1 Å². The smallest absolute Gasteiger partial charge is 0.296 e. The van der Waals surface area contributed by atoms with Crippen LogP contribution in [0.5, 0.6) is 11.5 Å². The van der Waals surface area contributed by atoms with Crippen LogP contribution in [0.4, 0.5) is 11.4 Å². The van der Waals surface area contributed by atoms with Crippen molar-refractivity contribution in [2.75, 3.05) is 25.3 Å². The topological polar surface area (TPSA) is 132 Å². The predicted molar refractivity (Wildman–Crippen MR) is 107 cm³/mol. The maximum Gasteiger partial charge on any atom is 0.296 e. The zero-order valence-electron chi connectivity index (χ0n) is 15.5. The number of anilines is 1. The number of H-pyrrole nitrogens is 1. The van der Waals surface area contributed by atoms with Crippen LogP contribution in [-0.4, -0.2) is 46.0 Å². The van der Waals surface area contributed by atoms with E-state index in [2.05, 4.69) is 20.5 Å². The summed E-state index contributed by atoms with van der Waals surface area (Å²) in [5.74, 6) is 1.19. The van der Waals surface area contributed by atoms with Gasteiger partial charge in [-0.05, 0) is 36.4 Å². The van der Waals surface area contributed by atoms with Crippen LogP contribution >= 0.6 is 11.8 Å². The number of amides is 1. The summed E-state index contributed by atoms with van der Waals surface area (Å²) < 4.78 is 10.1. The number of nitro benzene ring substituents is 1. The van der Waals surface area contributed by atoms with Crippen LogP contribution in [0, 0.1) is 10.1 Å². The number of nitrogens with one attached hydrogen (secondary N) is 2. The van der Waals surface area contributed by atoms with Crippen molar-refractivity contribution < 1.29 is 19.2 Å². The summed E-state index contributed by atoms with van der Waals surface area (Å²) in [5, 5.41) is 21.0. The van der Waals surface area contributed by atoms with Gasteiger partial charge in [-0.25, -0.2) is 4.98 Å². The van der Waals surface area contributed by atoms with Gasteiger partial charge >= 0.3 is 0 Å². The number of nitro groups is 1. The summed E-state index contributed by atoms with van der Waals surface area (Å²) >= 11 is 1.11. The summed E-state index contributed by atoms with van der Waals surface area (Å²) in [6.45, 7) is 0. The Morgan fingerprint density at radius 2 is 1.86 bits per heavy atom. The van der Waals surface area contributed by atoms with Crippen molar-refractivity contribution in [2.45, 2.75) is 5.16 Å². The highest BCUT2D eigenvalue weighted by molar-refractivity contribution is 7.99. The molecule has 1 amide bonds. The van der Waals surface area contributed by atoms with Crippen LogP contribution in [0.15, 0.2) is 47.6 Å². The van der Waals surface area contributed by atoms with E-state index in [4.69, 9.17) is 9.47 Å². The second-order valence-corrected chi connectivity index (χ2v) is 6.61. The molecular formula is C18H17N5O5S. The van der Waals surface area contributed by atoms with Crippen molar-refractivity contribution in [1.29, 1.82) is 0 Å². The normalized spacial score (nSPS) is 10.4. The van der Waals surface area contributed by atoms with Gasteiger partial charge in [0.2, 0.25) is 11.1 Å². The van der Waals surface area contributed by atoms with E-state index < -0.39 is 10.8 Å². The molecule has 3 aromatic rings. The van der Waals surface area contributed by atoms with Crippen LogP contribution in [-0.2, 0) is 4.79 Å². The molecule has 2 N–H and O–H groups in total. The average Bonchev–Trinajstić information content (AvgIpc) is 3.21. The standard InChI is InChI=1S/C18H17N5O5S/c1-27-12-5-3-11(4-6-12)17-20-18(22-21-17)29-10-16(24)19-14-8-7-13(28-2)9-15(14)23(25)26/h3-9H,10H2,1-2H3,(H,19,24)(H,20,21,22). The molecule has 2 aromatic carbocycles. The van der Waals surface area contributed by atoms with Gasteiger partial charge in [-0.15, -0.1) is 5.10 Å². The summed E-state index contributed by atoms with van der Waals surface area (Å²) in [4.78, 5) is 27.1. The molecule has 0 saturated carbocycles. The number of aromatic amines is 1. The van der Waals surface area contributed by atoms with Crippen LogP contribution in [0.1, 0.15) is 0 Å². The quantitative estimate of drug-likeness (QED) is 0.326. The summed E-state index contributed by atoms with van der Waals surface area (Å²) in [6.07, 6.45) is 0. The number of rotatable bonds is 8. The van der Waals surface area contributed by atoms with Crippen molar-refractivity contribution >= 4 is 29.0 Å². The molecule has 0 fully saturated rings. The van der Waals surface area contributed by atoms with Crippen molar-refractivity contribution in [3.8, 4) is 22.9 Å². The third-order valence-corrected chi connectivity index (χ3v) is 4.68. The monoisotopic (exact) mass is 415 g/mol. The van der Waals surface area contributed by atoms with E-state index in [1.807, 2.05) is 12.1 Å². The van der Waals surface area contributed by atoms with Gasteiger partial charge in [0.15, 0.2) is 5.82 Å². The number of methoxy groups -OCH3 is 2. The van der Waals surface area contributed by atoms with Gasteiger partial charge in [0.05, 0.1) is 31.0 Å². The third kappa shape index (κ3) is 5.02. The minimum absolute atomic E-state index is 0.0108. The lowest BCUT2D eigenvalue weighted by atomic mass is 10.2. The Morgan fingerprint density at radius 1 is 1.17 bits per heavy atom. The van der Waals surface area contributed by atoms with E-state index in [9.17, 15) is 14.9 Å². The van der Waals surface area contributed by atoms with Gasteiger partial charge in [0.1, 0.15) is 17.2 Å². The molecule has 29 heavy (non-hydrogen) atoms. The van der Waals surface area contributed by atoms with Crippen molar-refractivity contribution in [1.82, 2.24) is 15.2 Å². The molecule has 10 nitrogen and oxygen atoms in total. The molecule has 0 aliphatic heterocycles. The van der Waals surface area contributed by atoms with Crippen LogP contribution in [0.2, 0.25) is 0 Å². The molecule has 1 aromatic heterocycles. The zero-order valence-corrected chi connectivity index (χ0v) is 16.4. The summed E-state index contributed by atoms with van der Waals surface area (Å²) in [6, 6.07) is 11.5. The lowest BCUT2D eigenvalue weighted by Gasteiger charge is -2.06. The van der Waals surface area contributed by atoms with Crippen molar-refractivity contribution in [2.24, 2.45) is 0 Å². The number of hydrogen-bond acceptors (Lipinski definition) is 8. The van der Waals surface area contributed by atoms with Gasteiger partial charge in [-0.1, -0.05) is 11.8 Å². The van der Waals surface area contributed by atoms with Gasteiger partial charge in [0, 0.05) is 5.56 Å². The average molecular weight is 415 g/mol. The Labute approximate surface area is 169 Å².